The van der Waals surface area contributed by atoms with E-state index in [-0.39, 0.29) is 0 Å². The highest BCUT2D eigenvalue weighted by molar-refractivity contribution is 8.00. The first kappa shape index (κ1) is 10.6. The second-order valence-corrected chi connectivity index (χ2v) is 5.02. The van der Waals surface area contributed by atoms with Crippen molar-refractivity contribution in [3.05, 3.63) is 30.3 Å². The maximum atomic E-state index is 2.26. The van der Waals surface area contributed by atoms with Crippen LogP contribution in [0.1, 0.15) is 6.92 Å². The van der Waals surface area contributed by atoms with Crippen molar-refractivity contribution < 1.29 is 0 Å². The van der Waals surface area contributed by atoms with Crippen molar-refractivity contribution in [1.82, 2.24) is 4.90 Å². The molecule has 1 rings (SSSR count). The molecule has 2 heteroatoms. The SMILES string of the molecule is CC(CN(C)C)Sc1ccccc1. The van der Waals surface area contributed by atoms with E-state index >= 15 is 0 Å². The Balaban J connectivity index is 2.41. The van der Waals surface area contributed by atoms with Gasteiger partial charge in [-0.3, -0.25) is 0 Å². The van der Waals surface area contributed by atoms with Crippen LogP contribution in [0.4, 0.5) is 0 Å². The minimum Gasteiger partial charge on any atom is -0.308 e. The molecule has 0 bridgehead atoms. The third-order valence-corrected chi connectivity index (χ3v) is 2.80. The van der Waals surface area contributed by atoms with Gasteiger partial charge in [-0.2, -0.15) is 0 Å². The van der Waals surface area contributed by atoms with E-state index in [2.05, 4.69) is 56.3 Å². The van der Waals surface area contributed by atoms with Crippen molar-refractivity contribution in [2.24, 2.45) is 0 Å². The van der Waals surface area contributed by atoms with Crippen LogP contribution in [-0.4, -0.2) is 30.8 Å². The number of nitrogens with zero attached hydrogens (tertiary/aromatic N) is 1. The molecule has 13 heavy (non-hydrogen) atoms. The molecule has 0 aromatic heterocycles. The molecule has 0 saturated heterocycles. The Labute approximate surface area is 85.1 Å². The first-order valence-corrected chi connectivity index (χ1v) is 5.43. The fraction of sp³-hybridized carbons (Fsp3) is 0.455. The minimum atomic E-state index is 0.650. The molecule has 0 heterocycles. The average molecular weight is 195 g/mol. The first-order chi connectivity index (χ1) is 6.18. The van der Waals surface area contributed by atoms with Crippen molar-refractivity contribution in [2.75, 3.05) is 20.6 Å². The zero-order chi connectivity index (χ0) is 9.68. The fourth-order valence-electron chi connectivity index (χ4n) is 1.28. The van der Waals surface area contributed by atoms with Gasteiger partial charge in [0.15, 0.2) is 0 Å². The van der Waals surface area contributed by atoms with Gasteiger partial charge in [0.25, 0.3) is 0 Å². The molecule has 1 atom stereocenters. The molecule has 0 aliphatic heterocycles. The summed E-state index contributed by atoms with van der Waals surface area (Å²) in [4.78, 5) is 3.58. The van der Waals surface area contributed by atoms with E-state index < -0.39 is 0 Å². The van der Waals surface area contributed by atoms with Crippen molar-refractivity contribution in [3.8, 4) is 0 Å². The van der Waals surface area contributed by atoms with E-state index in [9.17, 15) is 0 Å². The van der Waals surface area contributed by atoms with Crippen LogP contribution in [-0.2, 0) is 0 Å². The van der Waals surface area contributed by atoms with Gasteiger partial charge in [-0.1, -0.05) is 25.1 Å². The van der Waals surface area contributed by atoms with Crippen LogP contribution in [0.15, 0.2) is 35.2 Å². The summed E-state index contributed by atoms with van der Waals surface area (Å²) in [6.45, 7) is 3.39. The highest BCUT2D eigenvalue weighted by Crippen LogP contribution is 2.22. The Kier molecular flexibility index (Phi) is 4.33. The molecule has 1 aromatic carbocycles. The highest BCUT2D eigenvalue weighted by Gasteiger charge is 2.04. The monoisotopic (exact) mass is 195 g/mol. The lowest BCUT2D eigenvalue weighted by molar-refractivity contribution is 0.413. The zero-order valence-corrected chi connectivity index (χ0v) is 9.34. The quantitative estimate of drug-likeness (QED) is 0.680. The molecule has 1 unspecified atom stereocenters. The maximum Gasteiger partial charge on any atom is 0.0193 e. The molecular weight excluding hydrogens is 178 g/mol. The molecule has 1 nitrogen and oxygen atoms in total. The highest BCUT2D eigenvalue weighted by atomic mass is 32.2. The number of hydrogen-bond donors (Lipinski definition) is 0. The lowest BCUT2D eigenvalue weighted by Crippen LogP contribution is -2.21. The number of thioether (sulfide) groups is 1. The molecule has 0 spiro atoms. The first-order valence-electron chi connectivity index (χ1n) is 4.55. The fourth-order valence-corrected chi connectivity index (χ4v) is 2.43. The van der Waals surface area contributed by atoms with Gasteiger partial charge in [0.1, 0.15) is 0 Å². The normalized spacial score (nSPS) is 13.2. The predicted molar refractivity (Wildman–Crippen MR) is 60.3 cm³/mol. The van der Waals surface area contributed by atoms with Crippen molar-refractivity contribution in [3.63, 3.8) is 0 Å². The number of benzene rings is 1. The van der Waals surface area contributed by atoms with Crippen LogP contribution >= 0.6 is 11.8 Å². The summed E-state index contributed by atoms with van der Waals surface area (Å²) in [7, 11) is 4.23. The summed E-state index contributed by atoms with van der Waals surface area (Å²) < 4.78 is 0. The van der Waals surface area contributed by atoms with Crippen molar-refractivity contribution in [1.29, 1.82) is 0 Å². The second kappa shape index (κ2) is 5.30. The summed E-state index contributed by atoms with van der Waals surface area (Å²) in [5, 5.41) is 0.650. The van der Waals surface area contributed by atoms with Crippen LogP contribution < -0.4 is 0 Å². The van der Waals surface area contributed by atoms with Crippen LogP contribution in [0.25, 0.3) is 0 Å². The Morgan fingerprint density at radius 2 is 1.85 bits per heavy atom. The van der Waals surface area contributed by atoms with Gasteiger partial charge in [0.05, 0.1) is 0 Å². The maximum absolute atomic E-state index is 2.26. The average Bonchev–Trinajstić information content (AvgIpc) is 2.04. The van der Waals surface area contributed by atoms with E-state index in [1.54, 1.807) is 0 Å². The van der Waals surface area contributed by atoms with Gasteiger partial charge in [0.2, 0.25) is 0 Å². The summed E-state index contributed by atoms with van der Waals surface area (Å²) >= 11 is 1.93. The molecule has 0 amide bonds. The third kappa shape index (κ3) is 4.34. The van der Waals surface area contributed by atoms with E-state index in [4.69, 9.17) is 0 Å². The summed E-state index contributed by atoms with van der Waals surface area (Å²) in [5.41, 5.74) is 0. The zero-order valence-electron chi connectivity index (χ0n) is 8.53. The Morgan fingerprint density at radius 1 is 1.23 bits per heavy atom. The Morgan fingerprint density at radius 3 is 2.38 bits per heavy atom. The van der Waals surface area contributed by atoms with E-state index in [0.29, 0.717) is 5.25 Å². The number of hydrogen-bond acceptors (Lipinski definition) is 2. The van der Waals surface area contributed by atoms with Gasteiger partial charge in [-0.15, -0.1) is 11.8 Å². The summed E-state index contributed by atoms with van der Waals surface area (Å²) in [6.07, 6.45) is 0. The van der Waals surface area contributed by atoms with Gasteiger partial charge < -0.3 is 4.90 Å². The van der Waals surface area contributed by atoms with Gasteiger partial charge in [-0.05, 0) is 26.2 Å². The van der Waals surface area contributed by atoms with Crippen LogP contribution in [0.3, 0.4) is 0 Å². The molecule has 0 aliphatic rings. The smallest absolute Gasteiger partial charge is 0.0193 e. The molecule has 72 valence electrons. The van der Waals surface area contributed by atoms with E-state index in [0.717, 1.165) is 6.54 Å². The largest absolute Gasteiger partial charge is 0.308 e. The van der Waals surface area contributed by atoms with E-state index in [1.807, 2.05) is 11.8 Å². The molecule has 0 aliphatic carbocycles. The topological polar surface area (TPSA) is 3.24 Å². The van der Waals surface area contributed by atoms with E-state index in [1.165, 1.54) is 4.90 Å². The lowest BCUT2D eigenvalue weighted by Gasteiger charge is -2.16. The predicted octanol–water partition coefficient (Wildman–Crippen LogP) is 2.73. The summed E-state index contributed by atoms with van der Waals surface area (Å²) in [5.74, 6) is 0. The standard InChI is InChI=1S/C11H17NS/c1-10(9-12(2)3)13-11-7-5-4-6-8-11/h4-8,10H,9H2,1-3H3. The molecule has 0 radical (unpaired) electrons. The van der Waals surface area contributed by atoms with Crippen LogP contribution in [0, 0.1) is 0 Å². The van der Waals surface area contributed by atoms with Crippen LogP contribution in [0.2, 0.25) is 0 Å². The van der Waals surface area contributed by atoms with Crippen molar-refractivity contribution in [2.45, 2.75) is 17.1 Å². The van der Waals surface area contributed by atoms with Gasteiger partial charge in [-0.25, -0.2) is 0 Å². The second-order valence-electron chi connectivity index (χ2n) is 3.50. The lowest BCUT2D eigenvalue weighted by atomic mass is 10.4. The molecular formula is C11H17NS. The van der Waals surface area contributed by atoms with Crippen LogP contribution in [0.5, 0.6) is 0 Å². The third-order valence-electron chi connectivity index (χ3n) is 1.70. The molecule has 0 N–H and O–H groups in total. The molecule has 0 fully saturated rings. The molecule has 1 aromatic rings. The summed E-state index contributed by atoms with van der Waals surface area (Å²) in [6, 6.07) is 10.6. The Bertz CT molecular complexity index is 233. The van der Waals surface area contributed by atoms with Gasteiger partial charge in [0, 0.05) is 16.7 Å². The number of rotatable bonds is 4. The Hall–Kier alpha value is -0.470. The minimum absolute atomic E-state index is 0.650. The van der Waals surface area contributed by atoms with Gasteiger partial charge >= 0.3 is 0 Å². The molecule has 0 saturated carbocycles. The van der Waals surface area contributed by atoms with Crippen molar-refractivity contribution >= 4 is 11.8 Å².